The third kappa shape index (κ3) is 10.4. The number of nitrogens with one attached hydrogen (secondary N) is 3. The van der Waals surface area contributed by atoms with E-state index in [1.807, 2.05) is 42.6 Å². The Hall–Kier alpha value is -6.65. The molecular formula is C53H63N8O8+. The average Bonchev–Trinajstić information content (AvgIpc) is 3.95. The topological polar surface area (TPSA) is 220 Å². The highest BCUT2D eigenvalue weighted by atomic mass is 16.6. The first-order valence-corrected chi connectivity index (χ1v) is 24.6. The van der Waals surface area contributed by atoms with Crippen molar-refractivity contribution in [3.8, 4) is 28.7 Å². The monoisotopic (exact) mass is 939 g/mol. The third-order valence-electron chi connectivity index (χ3n) is 14.8. The number of phenols is 3. The number of nitrogen functional groups attached to an aromatic ring is 1. The van der Waals surface area contributed by atoms with Crippen molar-refractivity contribution in [2.75, 3.05) is 18.9 Å². The second-order valence-electron chi connectivity index (χ2n) is 19.5. The van der Waals surface area contributed by atoms with Gasteiger partial charge in [-0.3, -0.25) is 24.7 Å². The zero-order valence-electron chi connectivity index (χ0n) is 39.1. The summed E-state index contributed by atoms with van der Waals surface area (Å²) in [6, 6.07) is 16.8. The number of nitrogens with two attached hydrogens (primary N) is 1. The van der Waals surface area contributed by atoms with Crippen molar-refractivity contribution in [3.63, 3.8) is 0 Å². The maximum absolute atomic E-state index is 12.2. The third-order valence-corrected chi connectivity index (χ3v) is 14.8. The van der Waals surface area contributed by atoms with E-state index >= 15 is 0 Å². The van der Waals surface area contributed by atoms with Crippen LogP contribution in [0.25, 0.3) is 0 Å². The molecule has 9 atom stereocenters. The summed E-state index contributed by atoms with van der Waals surface area (Å²) in [5.41, 5.74) is 11.8. The molecule has 0 bridgehead atoms. The summed E-state index contributed by atoms with van der Waals surface area (Å²) in [6.45, 7) is 2.31. The number of quaternary nitrogens is 1. The molecule has 4 fully saturated rings. The van der Waals surface area contributed by atoms with Gasteiger partial charge in [-0.15, -0.1) is 0 Å². The molecule has 7 heterocycles. The van der Waals surface area contributed by atoms with E-state index in [1.54, 1.807) is 30.7 Å². The average molecular weight is 940 g/mol. The van der Waals surface area contributed by atoms with Crippen LogP contribution in [0, 0.1) is 5.92 Å². The van der Waals surface area contributed by atoms with Gasteiger partial charge in [-0.1, -0.05) is 12.1 Å². The van der Waals surface area contributed by atoms with Gasteiger partial charge in [0.1, 0.15) is 36.0 Å². The number of aromatic hydroxyl groups is 3. The maximum atomic E-state index is 12.2. The molecule has 3 saturated heterocycles. The van der Waals surface area contributed by atoms with Gasteiger partial charge in [0.15, 0.2) is 35.1 Å². The molecule has 5 aliphatic heterocycles. The number of guanidine groups is 1. The molecule has 69 heavy (non-hydrogen) atoms. The summed E-state index contributed by atoms with van der Waals surface area (Å²) < 4.78 is 25.2. The molecule has 0 radical (unpaired) electrons. The lowest BCUT2D eigenvalue weighted by Crippen LogP contribution is -3.19. The number of allylic oxidation sites excluding steroid dienone is 1. The van der Waals surface area contributed by atoms with Crippen molar-refractivity contribution in [1.29, 1.82) is 0 Å². The molecule has 1 aliphatic carbocycles. The van der Waals surface area contributed by atoms with E-state index in [4.69, 9.17) is 34.7 Å². The molecule has 2 unspecified atom stereocenters. The van der Waals surface area contributed by atoms with Crippen LogP contribution in [0.2, 0.25) is 0 Å². The van der Waals surface area contributed by atoms with Crippen molar-refractivity contribution in [2.45, 2.75) is 133 Å². The number of aryl methyl sites for hydroxylation is 2. The van der Waals surface area contributed by atoms with Gasteiger partial charge in [0.2, 0.25) is 5.75 Å². The van der Waals surface area contributed by atoms with E-state index in [0.29, 0.717) is 67.7 Å². The van der Waals surface area contributed by atoms with Gasteiger partial charge in [0.25, 0.3) is 0 Å². The number of phenolic OH excluding ortho intramolecular Hbond substituents is 3. The fourth-order valence-electron chi connectivity index (χ4n) is 11.6. The number of aromatic nitrogens is 2. The van der Waals surface area contributed by atoms with Crippen LogP contribution in [0.4, 0.5) is 5.82 Å². The summed E-state index contributed by atoms with van der Waals surface area (Å²) in [7, 11) is 0. The lowest BCUT2D eigenvalue weighted by Gasteiger charge is -2.55. The summed E-state index contributed by atoms with van der Waals surface area (Å²) in [6.07, 6.45) is 20.4. The van der Waals surface area contributed by atoms with Gasteiger partial charge in [0, 0.05) is 76.0 Å². The molecule has 10 rings (SSSR count). The molecule has 362 valence electrons. The molecule has 2 aromatic carbocycles. The first-order valence-electron chi connectivity index (χ1n) is 24.6. The lowest BCUT2D eigenvalue weighted by molar-refractivity contribution is -0.905. The SMILES string of the molecule is CC(=O)O[C@@H]1C[C@H](CCc2ccc(O)c(O[C@H]3CCC[C@@]4(C3)NC(=NCCCc3ccnc(N)c3)N[C@@H]3[C@H]4CCC4C5=CC=NC5=C[NH+]43)c2)O[C@H](c2cc(O)c(O)c(OCCc3cccnc3)c2)C1. The van der Waals surface area contributed by atoms with Crippen molar-refractivity contribution < 1.29 is 44.0 Å². The second kappa shape index (κ2) is 20.1. The van der Waals surface area contributed by atoms with Gasteiger partial charge in [-0.2, -0.15) is 0 Å². The van der Waals surface area contributed by atoms with Crippen LogP contribution in [0.1, 0.15) is 99.5 Å². The normalized spacial score (nSPS) is 28.4. The molecule has 1 saturated carbocycles. The fourth-order valence-corrected chi connectivity index (χ4v) is 11.6. The Morgan fingerprint density at radius 2 is 1.87 bits per heavy atom. The quantitative estimate of drug-likeness (QED) is 0.0434. The lowest BCUT2D eigenvalue weighted by atomic mass is 9.66. The molecule has 0 amide bonds. The number of piperidine rings is 1. The van der Waals surface area contributed by atoms with Gasteiger partial charge in [0.05, 0.1) is 30.3 Å². The Labute approximate surface area is 402 Å². The van der Waals surface area contributed by atoms with Gasteiger partial charge < -0.3 is 50.6 Å². The minimum absolute atomic E-state index is 0.0937. The van der Waals surface area contributed by atoms with Crippen molar-refractivity contribution in [2.24, 2.45) is 15.9 Å². The van der Waals surface area contributed by atoms with Crippen LogP contribution in [0.15, 0.2) is 107 Å². The van der Waals surface area contributed by atoms with Crippen LogP contribution in [0.5, 0.6) is 28.7 Å². The summed E-state index contributed by atoms with van der Waals surface area (Å²) >= 11 is 0. The van der Waals surface area contributed by atoms with E-state index in [2.05, 4.69) is 32.9 Å². The standard InChI is InChI=1S/C53H62N8O8/c1-32(62)67-39-27-37(68-46(28-39)36-25-45(64)50(65)48(26-36)66-22-16-35-6-3-18-55-30-35)10-8-34-9-13-44(63)47(23-34)69-38-7-2-17-53(29-38)41-11-12-43-40-15-21-56-42(40)31-61(43)51(41)59-52(60-53)58-19-4-5-33-14-20-57-49(54)24-33/h3,6,9,13-15,18,20-21,23-26,30-31,37-39,41,43,46,51,63-65H,2,4-5,7-8,10-12,16-17,19,22,27-29H2,1H3,(H2,54,57)(H2,58,59,60)/p+1/t37-,38-,39+,41+,43?,46-,51-,53-/m0/s1. The zero-order valence-corrected chi connectivity index (χ0v) is 39.1. The number of ether oxygens (including phenoxy) is 4. The molecule has 8 N–H and O–H groups in total. The number of carbonyl (C=O) groups is 1. The van der Waals surface area contributed by atoms with Crippen LogP contribution in [-0.4, -0.2) is 92.6 Å². The predicted octanol–water partition coefficient (Wildman–Crippen LogP) is 5.68. The first kappa shape index (κ1) is 46.1. The minimum Gasteiger partial charge on any atom is -0.504 e. The van der Waals surface area contributed by atoms with Crippen molar-refractivity contribution in [3.05, 3.63) is 119 Å². The zero-order chi connectivity index (χ0) is 47.5. The number of anilines is 1. The molecule has 16 nitrogen and oxygen atoms in total. The summed E-state index contributed by atoms with van der Waals surface area (Å²) in [5.74, 6) is 1.30. The number of aliphatic imine (C=N–C) groups is 2. The number of rotatable bonds is 15. The molecule has 4 aromatic rings. The number of carbonyl (C=O) groups excluding carboxylic acids is 1. The van der Waals surface area contributed by atoms with Crippen molar-refractivity contribution in [1.82, 2.24) is 20.6 Å². The van der Waals surface area contributed by atoms with Gasteiger partial charge in [-0.05, 0) is 122 Å². The van der Waals surface area contributed by atoms with Crippen LogP contribution >= 0.6 is 0 Å². The number of fused-ring (bicyclic) bond motifs is 6. The number of hydrogen-bond donors (Lipinski definition) is 7. The first-order chi connectivity index (χ1) is 33.6. The number of hydrogen-bond acceptors (Lipinski definition) is 13. The number of nitrogens with zero attached hydrogens (tertiary/aromatic N) is 4. The molecule has 6 aliphatic rings. The minimum atomic E-state index is -0.540. The Bertz CT molecular complexity index is 2640. The highest BCUT2D eigenvalue weighted by molar-refractivity contribution is 5.82. The van der Waals surface area contributed by atoms with E-state index in [-0.39, 0.29) is 59.5 Å². The Kier molecular flexibility index (Phi) is 13.5. The summed E-state index contributed by atoms with van der Waals surface area (Å²) in [4.78, 5) is 31.7. The van der Waals surface area contributed by atoms with Gasteiger partial charge >= 0.3 is 5.97 Å². The Morgan fingerprint density at radius 1 is 0.971 bits per heavy atom. The number of pyridine rings is 2. The molecule has 2 aromatic heterocycles. The van der Waals surface area contributed by atoms with Crippen molar-refractivity contribution >= 4 is 24.0 Å². The van der Waals surface area contributed by atoms with E-state index in [9.17, 15) is 20.1 Å². The van der Waals surface area contributed by atoms with Crippen LogP contribution < -0.4 is 30.7 Å². The highest BCUT2D eigenvalue weighted by Gasteiger charge is 2.58. The van der Waals surface area contributed by atoms with E-state index in [0.717, 1.165) is 79.7 Å². The smallest absolute Gasteiger partial charge is 0.302 e. The highest BCUT2D eigenvalue weighted by Crippen LogP contribution is 2.45. The molecular weight excluding hydrogens is 877 g/mol. The van der Waals surface area contributed by atoms with E-state index < -0.39 is 12.2 Å². The van der Waals surface area contributed by atoms with E-state index in [1.165, 1.54) is 23.5 Å². The Balaban J connectivity index is 0.817. The maximum Gasteiger partial charge on any atom is 0.302 e. The molecule has 16 heteroatoms. The van der Waals surface area contributed by atoms with Gasteiger partial charge in [-0.25, -0.2) is 4.98 Å². The summed E-state index contributed by atoms with van der Waals surface area (Å²) in [5, 5.41) is 40.5. The number of esters is 1. The predicted molar refractivity (Wildman–Crippen MR) is 259 cm³/mol. The Morgan fingerprint density at radius 3 is 2.72 bits per heavy atom. The number of benzene rings is 2. The van der Waals surface area contributed by atoms with Crippen LogP contribution in [0.3, 0.4) is 0 Å². The largest absolute Gasteiger partial charge is 0.504 e. The fraction of sp³-hybridized carbons (Fsp3) is 0.453. The molecule has 1 spiro atoms. The second-order valence-corrected chi connectivity index (χ2v) is 19.5. The van der Waals surface area contributed by atoms with Crippen LogP contribution in [-0.2, 0) is 33.5 Å².